The molecule has 0 bridgehead atoms. The van der Waals surface area contributed by atoms with E-state index in [9.17, 15) is 19.5 Å². The molecule has 1 fully saturated rings. The zero-order valence-electron chi connectivity index (χ0n) is 21.8. The molecule has 0 radical (unpaired) electrons. The van der Waals surface area contributed by atoms with Crippen LogP contribution in [0.1, 0.15) is 62.9 Å². The molecule has 0 aliphatic heterocycles. The van der Waals surface area contributed by atoms with E-state index in [1.54, 1.807) is 58.5 Å². The van der Waals surface area contributed by atoms with Gasteiger partial charge >= 0.3 is 12.1 Å². The molecule has 2 amide bonds. The third kappa shape index (κ3) is 6.36. The van der Waals surface area contributed by atoms with E-state index in [2.05, 4.69) is 25.6 Å². The normalized spacial score (nSPS) is 19.5. The molecule has 1 aromatic carbocycles. The fourth-order valence-electron chi connectivity index (χ4n) is 4.73. The number of amides is 2. The highest BCUT2D eigenvalue weighted by Gasteiger charge is 2.35. The summed E-state index contributed by atoms with van der Waals surface area (Å²) in [5, 5.41) is 15.0. The first kappa shape index (κ1) is 26.8. The average molecular weight is 525 g/mol. The molecule has 4 rings (SSSR count). The highest BCUT2D eigenvalue weighted by molar-refractivity contribution is 6.06. The molecule has 3 atom stereocenters. The van der Waals surface area contributed by atoms with Gasteiger partial charge in [-0.2, -0.15) is 0 Å². The number of alkyl carbamates (subject to hydrolysis) is 1. The molecule has 38 heavy (non-hydrogen) atoms. The predicted molar refractivity (Wildman–Crippen MR) is 138 cm³/mol. The molecule has 3 N–H and O–H groups in total. The van der Waals surface area contributed by atoms with E-state index in [4.69, 9.17) is 9.47 Å². The Morgan fingerprint density at radius 1 is 1.11 bits per heavy atom. The number of carbonyl (C=O) groups is 3. The van der Waals surface area contributed by atoms with Crippen molar-refractivity contribution >= 4 is 35.0 Å². The maximum atomic E-state index is 12.8. The summed E-state index contributed by atoms with van der Waals surface area (Å²) >= 11 is 0. The summed E-state index contributed by atoms with van der Waals surface area (Å²) in [5.41, 5.74) is 0.636. The number of carbonyl (C=O) groups excluding carboxylic acids is 2. The van der Waals surface area contributed by atoms with E-state index in [-0.39, 0.29) is 30.1 Å². The van der Waals surface area contributed by atoms with Gasteiger partial charge in [0.25, 0.3) is 5.91 Å². The third-order valence-electron chi connectivity index (χ3n) is 6.39. The lowest BCUT2D eigenvalue weighted by atomic mass is 9.80. The van der Waals surface area contributed by atoms with E-state index < -0.39 is 23.7 Å². The molecule has 1 saturated carbocycles. The molecule has 0 unspecified atom stereocenters. The SMILES string of the molecule is COc1ccc(C(=O)Nc2ncnc3c2ncn3[C@H]2CC[C@H](CC(=O)O)C[C@@H]2NC(=O)OC(C)(C)C)cc1. The number of hydrogen-bond acceptors (Lipinski definition) is 8. The van der Waals surface area contributed by atoms with Gasteiger partial charge in [0.1, 0.15) is 17.7 Å². The van der Waals surface area contributed by atoms with Crippen molar-refractivity contribution in [2.24, 2.45) is 5.92 Å². The monoisotopic (exact) mass is 524 g/mol. The van der Waals surface area contributed by atoms with E-state index >= 15 is 0 Å². The molecule has 12 nitrogen and oxygen atoms in total. The van der Waals surface area contributed by atoms with Gasteiger partial charge in [-0.25, -0.2) is 19.7 Å². The standard InChI is InChI=1S/C26H32N6O6/c1-26(2,3)38-25(36)30-18-11-15(12-20(33)34)5-10-19(18)32-14-29-21-22(27-13-28-23(21)32)31-24(35)16-6-8-17(37-4)9-7-16/h6-9,13-15,18-19H,5,10-12H2,1-4H3,(H,30,36)(H,33,34)(H,27,28,31,35)/t15-,18-,19-/m0/s1. The first-order valence-electron chi connectivity index (χ1n) is 12.4. The molecule has 2 aromatic heterocycles. The number of nitrogens with one attached hydrogen (secondary N) is 2. The molecular weight excluding hydrogens is 492 g/mol. The lowest BCUT2D eigenvalue weighted by Gasteiger charge is -2.37. The first-order valence-corrected chi connectivity index (χ1v) is 12.4. The minimum absolute atomic E-state index is 0.0214. The summed E-state index contributed by atoms with van der Waals surface area (Å²) in [6.07, 6.45) is 4.12. The summed E-state index contributed by atoms with van der Waals surface area (Å²) in [5.74, 6) is -0.432. The van der Waals surface area contributed by atoms with Gasteiger partial charge in [0, 0.05) is 12.0 Å². The number of anilines is 1. The van der Waals surface area contributed by atoms with Crippen molar-refractivity contribution in [2.75, 3.05) is 12.4 Å². The number of aliphatic carboxylic acids is 1. The van der Waals surface area contributed by atoms with Crippen LogP contribution in [0.5, 0.6) is 5.75 Å². The summed E-state index contributed by atoms with van der Waals surface area (Å²) in [7, 11) is 1.55. The molecule has 12 heteroatoms. The second kappa shape index (κ2) is 11.0. The Hall–Kier alpha value is -4.22. The molecule has 0 spiro atoms. The molecule has 1 aliphatic rings. The lowest BCUT2D eigenvalue weighted by Crippen LogP contribution is -2.46. The number of carboxylic acids is 1. The van der Waals surface area contributed by atoms with Crippen molar-refractivity contribution in [1.29, 1.82) is 0 Å². The van der Waals surface area contributed by atoms with Crippen molar-refractivity contribution in [2.45, 2.75) is 64.1 Å². The van der Waals surface area contributed by atoms with Crippen LogP contribution < -0.4 is 15.4 Å². The van der Waals surface area contributed by atoms with Gasteiger partial charge in [0.15, 0.2) is 17.0 Å². The van der Waals surface area contributed by atoms with Crippen molar-refractivity contribution < 1.29 is 29.0 Å². The van der Waals surface area contributed by atoms with Crippen LogP contribution in [0.2, 0.25) is 0 Å². The van der Waals surface area contributed by atoms with E-state index in [1.165, 1.54) is 6.33 Å². The highest BCUT2D eigenvalue weighted by atomic mass is 16.6. The summed E-state index contributed by atoms with van der Waals surface area (Å²) in [6.45, 7) is 5.33. The Bertz CT molecular complexity index is 1320. The number of ether oxygens (including phenoxy) is 2. The molecule has 0 saturated heterocycles. The third-order valence-corrected chi connectivity index (χ3v) is 6.39. The van der Waals surface area contributed by atoms with Gasteiger partial charge in [0.2, 0.25) is 0 Å². The minimum Gasteiger partial charge on any atom is -0.497 e. The zero-order valence-corrected chi connectivity index (χ0v) is 21.8. The van der Waals surface area contributed by atoms with Crippen LogP contribution in [0, 0.1) is 5.92 Å². The number of aromatic nitrogens is 4. The number of fused-ring (bicyclic) bond motifs is 1. The Labute approximate surface area is 219 Å². The fourth-order valence-corrected chi connectivity index (χ4v) is 4.73. The average Bonchev–Trinajstić information content (AvgIpc) is 3.27. The number of methoxy groups -OCH3 is 1. The second-order valence-corrected chi connectivity index (χ2v) is 10.3. The smallest absolute Gasteiger partial charge is 0.407 e. The van der Waals surface area contributed by atoms with Crippen LogP contribution in [0.3, 0.4) is 0 Å². The fraction of sp³-hybridized carbons (Fsp3) is 0.462. The van der Waals surface area contributed by atoms with Crippen molar-refractivity contribution in [3.05, 3.63) is 42.5 Å². The maximum absolute atomic E-state index is 12.8. The van der Waals surface area contributed by atoms with Crippen molar-refractivity contribution in [3.8, 4) is 5.75 Å². The van der Waals surface area contributed by atoms with Crippen LogP contribution >= 0.6 is 0 Å². The molecule has 2 heterocycles. The zero-order chi connectivity index (χ0) is 27.4. The van der Waals surface area contributed by atoms with E-state index in [1.807, 2.05) is 4.57 Å². The Morgan fingerprint density at radius 3 is 2.50 bits per heavy atom. The van der Waals surface area contributed by atoms with Gasteiger partial charge in [0.05, 0.1) is 25.5 Å². The van der Waals surface area contributed by atoms with Crippen LogP contribution in [0.4, 0.5) is 10.6 Å². The van der Waals surface area contributed by atoms with Gasteiger partial charge in [-0.15, -0.1) is 0 Å². The van der Waals surface area contributed by atoms with Gasteiger partial charge in [-0.05, 0) is 70.2 Å². The van der Waals surface area contributed by atoms with E-state index in [0.717, 1.165) is 0 Å². The van der Waals surface area contributed by atoms with Crippen LogP contribution in [0.25, 0.3) is 11.2 Å². The highest BCUT2D eigenvalue weighted by Crippen LogP contribution is 2.36. The number of benzene rings is 1. The van der Waals surface area contributed by atoms with Crippen LogP contribution in [-0.2, 0) is 9.53 Å². The molecular formula is C26H32N6O6. The van der Waals surface area contributed by atoms with Gasteiger partial charge in [-0.3, -0.25) is 9.59 Å². The number of carboxylic acid groups (broad SMARTS) is 1. The van der Waals surface area contributed by atoms with Crippen LogP contribution in [-0.4, -0.2) is 61.3 Å². The largest absolute Gasteiger partial charge is 0.497 e. The molecule has 202 valence electrons. The Balaban J connectivity index is 1.59. The second-order valence-electron chi connectivity index (χ2n) is 10.3. The molecule has 1 aliphatic carbocycles. The predicted octanol–water partition coefficient (Wildman–Crippen LogP) is 3.80. The maximum Gasteiger partial charge on any atom is 0.407 e. The number of hydrogen-bond donors (Lipinski definition) is 3. The number of imidazole rings is 1. The summed E-state index contributed by atoms with van der Waals surface area (Å²) < 4.78 is 12.4. The van der Waals surface area contributed by atoms with Crippen molar-refractivity contribution in [1.82, 2.24) is 24.8 Å². The first-order chi connectivity index (χ1) is 18.0. The van der Waals surface area contributed by atoms with Gasteiger partial charge < -0.3 is 29.8 Å². The quantitative estimate of drug-likeness (QED) is 0.418. The number of nitrogens with zero attached hydrogens (tertiary/aromatic N) is 4. The van der Waals surface area contributed by atoms with Gasteiger partial charge in [-0.1, -0.05) is 0 Å². The van der Waals surface area contributed by atoms with Crippen LogP contribution in [0.15, 0.2) is 36.9 Å². The Kier molecular flexibility index (Phi) is 7.79. The molecule has 3 aromatic rings. The lowest BCUT2D eigenvalue weighted by molar-refractivity contribution is -0.138. The van der Waals surface area contributed by atoms with Crippen molar-refractivity contribution in [3.63, 3.8) is 0 Å². The minimum atomic E-state index is -0.873. The Morgan fingerprint density at radius 2 is 1.84 bits per heavy atom. The summed E-state index contributed by atoms with van der Waals surface area (Å²) in [4.78, 5) is 49.9. The summed E-state index contributed by atoms with van der Waals surface area (Å²) in [6, 6.07) is 6.02. The topological polar surface area (TPSA) is 158 Å². The number of rotatable bonds is 7. The van der Waals surface area contributed by atoms with E-state index in [0.29, 0.717) is 41.7 Å².